The smallest absolute Gasteiger partial charge is 0.256 e. The number of rotatable bonds is 6. The normalized spacial score (nSPS) is 11.7. The maximum atomic E-state index is 12.8. The quantitative estimate of drug-likeness (QED) is 0.368. The fourth-order valence-electron chi connectivity index (χ4n) is 3.48. The first-order chi connectivity index (χ1) is 15.0. The Morgan fingerprint density at radius 1 is 0.903 bits per heavy atom. The lowest BCUT2D eigenvalue weighted by Crippen LogP contribution is -2.17. The van der Waals surface area contributed by atoms with Crippen LogP contribution in [0.15, 0.2) is 78.9 Å². The Bertz CT molecular complexity index is 1180. The summed E-state index contributed by atoms with van der Waals surface area (Å²) in [6.07, 6.45) is 0. The minimum Gasteiger partial charge on any atom is -0.359 e. The summed E-state index contributed by atoms with van der Waals surface area (Å²) in [4.78, 5) is 18.6. The Morgan fingerprint density at radius 2 is 1.65 bits per heavy atom. The van der Waals surface area contributed by atoms with Crippen molar-refractivity contribution in [1.29, 1.82) is 0 Å². The van der Waals surface area contributed by atoms with Gasteiger partial charge in [-0.25, -0.2) is 4.98 Å². The first-order valence-electron chi connectivity index (χ1n) is 10.2. The van der Waals surface area contributed by atoms with Gasteiger partial charge in [-0.2, -0.15) is 0 Å². The highest BCUT2D eigenvalue weighted by molar-refractivity contribution is 7.16. The number of aryl methyl sites for hydroxylation is 3. The van der Waals surface area contributed by atoms with Crippen molar-refractivity contribution in [2.45, 2.75) is 26.8 Å². The number of amides is 1. The molecule has 0 aliphatic heterocycles. The molecule has 31 heavy (non-hydrogen) atoms. The van der Waals surface area contributed by atoms with E-state index in [9.17, 15) is 4.79 Å². The lowest BCUT2D eigenvalue weighted by atomic mass is 9.99. The SMILES string of the molecule is Cc1ccc([C@H](Nc2cccc(C)n2)c2cc(C)sc2NC(=O)c2ccccc2)cc1. The highest BCUT2D eigenvalue weighted by Crippen LogP contribution is 2.37. The summed E-state index contributed by atoms with van der Waals surface area (Å²) >= 11 is 1.58. The monoisotopic (exact) mass is 427 g/mol. The van der Waals surface area contributed by atoms with Crippen molar-refractivity contribution in [1.82, 2.24) is 4.98 Å². The number of hydrogen-bond donors (Lipinski definition) is 2. The van der Waals surface area contributed by atoms with Gasteiger partial charge in [0.25, 0.3) is 5.91 Å². The second-order valence-corrected chi connectivity index (χ2v) is 8.87. The largest absolute Gasteiger partial charge is 0.359 e. The number of aromatic nitrogens is 1. The van der Waals surface area contributed by atoms with Crippen LogP contribution in [0.1, 0.15) is 43.7 Å². The maximum Gasteiger partial charge on any atom is 0.256 e. The number of carbonyl (C=O) groups is 1. The van der Waals surface area contributed by atoms with Gasteiger partial charge >= 0.3 is 0 Å². The van der Waals surface area contributed by atoms with E-state index in [0.29, 0.717) is 5.56 Å². The Balaban J connectivity index is 1.72. The second-order valence-electron chi connectivity index (χ2n) is 7.61. The van der Waals surface area contributed by atoms with Gasteiger partial charge in [-0.15, -0.1) is 11.3 Å². The molecule has 0 bridgehead atoms. The molecule has 4 aromatic rings. The van der Waals surface area contributed by atoms with Gasteiger partial charge in [-0.3, -0.25) is 4.79 Å². The summed E-state index contributed by atoms with van der Waals surface area (Å²) in [5, 5.41) is 7.55. The zero-order chi connectivity index (χ0) is 21.8. The molecule has 5 heteroatoms. The van der Waals surface area contributed by atoms with E-state index in [2.05, 4.69) is 59.8 Å². The van der Waals surface area contributed by atoms with Crippen molar-refractivity contribution in [2.75, 3.05) is 10.6 Å². The maximum absolute atomic E-state index is 12.8. The number of benzene rings is 2. The molecule has 2 aromatic carbocycles. The molecule has 0 unspecified atom stereocenters. The van der Waals surface area contributed by atoms with Crippen molar-refractivity contribution in [3.05, 3.63) is 112 Å². The first kappa shape index (κ1) is 20.8. The lowest BCUT2D eigenvalue weighted by molar-refractivity contribution is 0.102. The Morgan fingerprint density at radius 3 is 2.35 bits per heavy atom. The average Bonchev–Trinajstić information content (AvgIpc) is 3.13. The van der Waals surface area contributed by atoms with Gasteiger partial charge in [-0.05, 0) is 56.7 Å². The van der Waals surface area contributed by atoms with Gasteiger partial charge in [0.1, 0.15) is 10.8 Å². The molecule has 156 valence electrons. The molecular weight excluding hydrogens is 402 g/mol. The van der Waals surface area contributed by atoms with Crippen molar-refractivity contribution >= 4 is 28.1 Å². The van der Waals surface area contributed by atoms with E-state index in [0.717, 1.165) is 32.5 Å². The van der Waals surface area contributed by atoms with Gasteiger partial charge < -0.3 is 10.6 Å². The van der Waals surface area contributed by atoms with Crippen LogP contribution in [0.5, 0.6) is 0 Å². The lowest BCUT2D eigenvalue weighted by Gasteiger charge is -2.21. The van der Waals surface area contributed by atoms with Gasteiger partial charge in [0, 0.05) is 21.7 Å². The molecule has 2 heterocycles. The van der Waals surface area contributed by atoms with Crippen LogP contribution in [0, 0.1) is 20.8 Å². The Hall–Kier alpha value is -3.44. The molecule has 4 nitrogen and oxygen atoms in total. The highest BCUT2D eigenvalue weighted by atomic mass is 32.1. The van der Waals surface area contributed by atoms with E-state index in [1.807, 2.05) is 55.5 Å². The third-order valence-electron chi connectivity index (χ3n) is 5.05. The summed E-state index contributed by atoms with van der Waals surface area (Å²) in [5.74, 6) is 0.690. The number of hydrogen-bond acceptors (Lipinski definition) is 4. The van der Waals surface area contributed by atoms with Crippen molar-refractivity contribution in [3.8, 4) is 0 Å². The molecular formula is C26H25N3OS. The van der Waals surface area contributed by atoms with Crippen LogP contribution in [-0.4, -0.2) is 10.9 Å². The molecule has 2 N–H and O–H groups in total. The molecule has 0 aliphatic rings. The van der Waals surface area contributed by atoms with Gasteiger partial charge in [-0.1, -0.05) is 54.1 Å². The number of nitrogens with zero attached hydrogens (tertiary/aromatic N) is 1. The fraction of sp³-hybridized carbons (Fsp3) is 0.154. The molecule has 1 atom stereocenters. The molecule has 2 aromatic heterocycles. The molecule has 0 aliphatic carbocycles. The molecule has 4 rings (SSSR count). The van der Waals surface area contributed by atoms with Crippen molar-refractivity contribution in [2.24, 2.45) is 0 Å². The number of nitrogens with one attached hydrogen (secondary N) is 2. The second kappa shape index (κ2) is 9.14. The van der Waals surface area contributed by atoms with Crippen LogP contribution in [0.25, 0.3) is 0 Å². The van der Waals surface area contributed by atoms with E-state index in [1.165, 1.54) is 5.56 Å². The van der Waals surface area contributed by atoms with Crippen LogP contribution >= 0.6 is 11.3 Å². The summed E-state index contributed by atoms with van der Waals surface area (Å²) in [6, 6.07) is 25.7. The summed E-state index contributed by atoms with van der Waals surface area (Å²) < 4.78 is 0. The standard InChI is InChI=1S/C26H25N3OS/c1-17-12-14-20(15-13-17)24(28-23-11-7-8-18(2)27-23)22-16-19(3)31-26(22)29-25(30)21-9-5-4-6-10-21/h4-16,24H,1-3H3,(H,27,28)(H,29,30)/t24-/m0/s1. The molecule has 1 amide bonds. The fourth-order valence-corrected chi connectivity index (χ4v) is 4.43. The predicted molar refractivity (Wildman–Crippen MR) is 129 cm³/mol. The highest BCUT2D eigenvalue weighted by Gasteiger charge is 2.22. The molecule has 0 saturated heterocycles. The summed E-state index contributed by atoms with van der Waals surface area (Å²) in [5.41, 5.74) is 4.93. The number of thiophene rings is 1. The predicted octanol–water partition coefficient (Wildman–Crippen LogP) is 6.52. The minimum atomic E-state index is -0.147. The van der Waals surface area contributed by atoms with Crippen LogP contribution in [-0.2, 0) is 0 Å². The third-order valence-corrected chi connectivity index (χ3v) is 6.03. The molecule has 0 fully saturated rings. The molecule has 0 radical (unpaired) electrons. The Labute approximate surface area is 187 Å². The zero-order valence-electron chi connectivity index (χ0n) is 17.8. The number of pyridine rings is 1. The van der Waals surface area contributed by atoms with E-state index in [4.69, 9.17) is 0 Å². The first-order valence-corrected chi connectivity index (χ1v) is 11.0. The van der Waals surface area contributed by atoms with E-state index >= 15 is 0 Å². The van der Waals surface area contributed by atoms with Gasteiger partial charge in [0.05, 0.1) is 6.04 Å². The Kier molecular flexibility index (Phi) is 6.14. The van der Waals surface area contributed by atoms with Crippen molar-refractivity contribution in [3.63, 3.8) is 0 Å². The summed E-state index contributed by atoms with van der Waals surface area (Å²) in [6.45, 7) is 6.12. The van der Waals surface area contributed by atoms with Crippen molar-refractivity contribution < 1.29 is 4.79 Å². The van der Waals surface area contributed by atoms with Crippen LogP contribution in [0.4, 0.5) is 10.8 Å². The average molecular weight is 428 g/mol. The number of carbonyl (C=O) groups excluding carboxylic acids is 1. The molecule has 0 saturated carbocycles. The topological polar surface area (TPSA) is 54.0 Å². The number of anilines is 2. The van der Waals surface area contributed by atoms with E-state index in [-0.39, 0.29) is 11.9 Å². The molecule has 0 spiro atoms. The van der Waals surface area contributed by atoms with Crippen LogP contribution in [0.2, 0.25) is 0 Å². The minimum absolute atomic E-state index is 0.111. The van der Waals surface area contributed by atoms with Gasteiger partial charge in [0.15, 0.2) is 0 Å². The van der Waals surface area contributed by atoms with Gasteiger partial charge in [0.2, 0.25) is 0 Å². The van der Waals surface area contributed by atoms with Crippen LogP contribution < -0.4 is 10.6 Å². The van der Waals surface area contributed by atoms with E-state index < -0.39 is 0 Å². The van der Waals surface area contributed by atoms with E-state index in [1.54, 1.807) is 11.3 Å². The summed E-state index contributed by atoms with van der Waals surface area (Å²) in [7, 11) is 0. The van der Waals surface area contributed by atoms with Crippen LogP contribution in [0.3, 0.4) is 0 Å². The zero-order valence-corrected chi connectivity index (χ0v) is 18.7. The third kappa shape index (κ3) is 5.01.